The van der Waals surface area contributed by atoms with Crippen LogP contribution in [0, 0.1) is 13.8 Å². The molecule has 0 atom stereocenters. The fraction of sp³-hybridized carbons (Fsp3) is 0.429. The molecule has 0 fully saturated rings. The van der Waals surface area contributed by atoms with Crippen molar-refractivity contribution in [1.82, 2.24) is 20.6 Å². The van der Waals surface area contributed by atoms with E-state index in [9.17, 15) is 19.2 Å². The van der Waals surface area contributed by atoms with Gasteiger partial charge in [0, 0.05) is 63.6 Å². The fourth-order valence-corrected chi connectivity index (χ4v) is 6.01. The number of rotatable bonds is 10. The topological polar surface area (TPSA) is 142 Å². The van der Waals surface area contributed by atoms with Gasteiger partial charge in [-0.15, -0.1) is 0 Å². The predicted molar refractivity (Wildman–Crippen MR) is 173 cm³/mol. The Hall–Kier alpha value is -4.60. The minimum atomic E-state index is -0.653. The van der Waals surface area contributed by atoms with Gasteiger partial charge in [-0.05, 0) is 114 Å². The number of hydrogen-bond donors (Lipinski definition) is 4. The van der Waals surface area contributed by atoms with E-state index < -0.39 is 5.41 Å². The van der Waals surface area contributed by atoms with Crippen molar-refractivity contribution in [3.63, 3.8) is 0 Å². The van der Waals surface area contributed by atoms with Crippen molar-refractivity contribution in [1.29, 1.82) is 0 Å². The summed E-state index contributed by atoms with van der Waals surface area (Å²) in [5.74, 6) is -0.853. The number of methoxy groups -OCH3 is 2. The van der Waals surface area contributed by atoms with Crippen molar-refractivity contribution in [3.05, 3.63) is 78.7 Å². The largest absolute Gasteiger partial charge is 0.469 e. The quantitative estimate of drug-likeness (QED) is 0.273. The Morgan fingerprint density at radius 3 is 1.29 bits per heavy atom. The lowest BCUT2D eigenvalue weighted by Gasteiger charge is -2.27. The van der Waals surface area contributed by atoms with Crippen LogP contribution in [0.1, 0.15) is 99.4 Å². The van der Waals surface area contributed by atoms with Gasteiger partial charge in [0.25, 0.3) is 11.8 Å². The molecule has 0 radical (unpaired) electrons. The van der Waals surface area contributed by atoms with Gasteiger partial charge in [0.05, 0.1) is 14.2 Å². The monoisotopic (exact) mass is 616 g/mol. The number of esters is 2. The van der Waals surface area contributed by atoms with E-state index in [0.717, 1.165) is 67.6 Å². The molecule has 45 heavy (non-hydrogen) atoms. The van der Waals surface area contributed by atoms with Gasteiger partial charge in [0.1, 0.15) is 0 Å². The SMILES string of the molecule is COC(=O)CCc1c(C(C)(C)c2[nH]c(/C=C3\NC(=O)C(C)=C3C)c(C)c2CCC(=O)OC)[nH]c(/C=C2\NC(=O)C(C)=C2C)c1C. The Morgan fingerprint density at radius 2 is 1.00 bits per heavy atom. The highest BCUT2D eigenvalue weighted by atomic mass is 16.5. The lowest BCUT2D eigenvalue weighted by Crippen LogP contribution is -2.24. The smallest absolute Gasteiger partial charge is 0.305 e. The van der Waals surface area contributed by atoms with Crippen LogP contribution in [0.25, 0.3) is 12.2 Å². The molecule has 0 saturated carbocycles. The fourth-order valence-electron chi connectivity index (χ4n) is 6.01. The van der Waals surface area contributed by atoms with Crippen LogP contribution in [0.3, 0.4) is 0 Å². The molecule has 2 aromatic rings. The van der Waals surface area contributed by atoms with Crippen molar-refractivity contribution >= 4 is 35.9 Å². The molecule has 2 aliphatic heterocycles. The van der Waals surface area contributed by atoms with Crippen LogP contribution in [0.5, 0.6) is 0 Å². The van der Waals surface area contributed by atoms with Crippen LogP contribution in [0.2, 0.25) is 0 Å². The molecule has 4 heterocycles. The summed E-state index contributed by atoms with van der Waals surface area (Å²) >= 11 is 0. The number of allylic oxidation sites excluding steroid dienone is 2. The molecule has 0 bridgehead atoms. The molecule has 2 aromatic heterocycles. The second-order valence-corrected chi connectivity index (χ2v) is 12.3. The van der Waals surface area contributed by atoms with E-state index in [2.05, 4.69) is 34.4 Å². The highest BCUT2D eigenvalue weighted by Crippen LogP contribution is 2.40. The van der Waals surface area contributed by atoms with Gasteiger partial charge in [-0.3, -0.25) is 19.2 Å². The number of carbonyl (C=O) groups excluding carboxylic acids is 4. The standard InChI is InChI=1S/C35H44N4O6/c1-17-19(3)33(42)38-25(17)15-27-21(5)23(11-13-29(40)44-9)31(36-27)35(7,8)32-24(12-14-30(41)45-10)22(6)28(37-32)16-26-18(2)20(4)34(43)39-26/h15-16,36-37H,11-14H2,1-10H3,(H,38,42)(H,39,43)/b25-15-,26-16-. The summed E-state index contributed by atoms with van der Waals surface area (Å²) < 4.78 is 9.92. The Labute approximate surface area is 264 Å². The van der Waals surface area contributed by atoms with E-state index in [4.69, 9.17) is 9.47 Å². The third-order valence-corrected chi connectivity index (χ3v) is 9.39. The first kappa shape index (κ1) is 33.3. The molecule has 4 rings (SSSR count). The minimum absolute atomic E-state index is 0.119. The average Bonchev–Trinajstić information content (AvgIpc) is 3.66. The summed E-state index contributed by atoms with van der Waals surface area (Å²) in [7, 11) is 2.76. The third kappa shape index (κ3) is 6.32. The van der Waals surface area contributed by atoms with Gasteiger partial charge in [-0.2, -0.15) is 0 Å². The zero-order valence-electron chi connectivity index (χ0n) is 27.9. The van der Waals surface area contributed by atoms with Gasteiger partial charge in [-0.25, -0.2) is 0 Å². The zero-order chi connectivity index (χ0) is 33.4. The number of nitrogens with one attached hydrogen (secondary N) is 4. The molecular formula is C35H44N4O6. The molecule has 2 aliphatic rings. The molecule has 0 unspecified atom stereocenters. The number of aromatic amines is 2. The Balaban J connectivity index is 1.90. The number of hydrogen-bond acceptors (Lipinski definition) is 6. The number of amides is 2. The van der Waals surface area contributed by atoms with E-state index in [1.165, 1.54) is 14.2 Å². The third-order valence-electron chi connectivity index (χ3n) is 9.39. The van der Waals surface area contributed by atoms with Crippen LogP contribution < -0.4 is 10.6 Å². The molecule has 240 valence electrons. The summed E-state index contributed by atoms with van der Waals surface area (Å²) in [6, 6.07) is 0. The number of carbonyl (C=O) groups is 4. The average molecular weight is 617 g/mol. The van der Waals surface area contributed by atoms with Crippen LogP contribution >= 0.6 is 0 Å². The van der Waals surface area contributed by atoms with Crippen LogP contribution in [0.4, 0.5) is 0 Å². The summed E-state index contributed by atoms with van der Waals surface area (Å²) in [5.41, 5.74) is 11.3. The van der Waals surface area contributed by atoms with Gasteiger partial charge in [-0.1, -0.05) is 0 Å². The molecule has 10 nitrogen and oxygen atoms in total. The molecule has 2 amide bonds. The second-order valence-electron chi connectivity index (χ2n) is 12.3. The maximum absolute atomic E-state index is 12.3. The Morgan fingerprint density at radius 1 is 0.644 bits per heavy atom. The van der Waals surface area contributed by atoms with Crippen LogP contribution in [-0.2, 0) is 46.9 Å². The molecule has 10 heteroatoms. The van der Waals surface area contributed by atoms with Gasteiger partial charge < -0.3 is 30.1 Å². The zero-order valence-corrected chi connectivity index (χ0v) is 27.9. The molecule has 0 aliphatic carbocycles. The lowest BCUT2D eigenvalue weighted by molar-refractivity contribution is -0.141. The highest BCUT2D eigenvalue weighted by Gasteiger charge is 2.35. The van der Waals surface area contributed by atoms with Gasteiger partial charge in [0.2, 0.25) is 0 Å². The first-order chi connectivity index (χ1) is 21.1. The summed E-state index contributed by atoms with van der Waals surface area (Å²) in [6.45, 7) is 15.6. The van der Waals surface area contributed by atoms with Gasteiger partial charge >= 0.3 is 11.9 Å². The molecule has 4 N–H and O–H groups in total. The van der Waals surface area contributed by atoms with Crippen molar-refractivity contribution in [2.45, 2.75) is 86.5 Å². The van der Waals surface area contributed by atoms with E-state index in [0.29, 0.717) is 24.0 Å². The Kier molecular flexibility index (Phi) is 9.46. The van der Waals surface area contributed by atoms with E-state index in [1.807, 2.05) is 39.8 Å². The maximum Gasteiger partial charge on any atom is 0.305 e. The first-order valence-corrected chi connectivity index (χ1v) is 15.1. The van der Waals surface area contributed by atoms with E-state index in [1.54, 1.807) is 13.8 Å². The number of aromatic nitrogens is 2. The predicted octanol–water partition coefficient (Wildman–Crippen LogP) is 5.11. The molecule has 0 spiro atoms. The van der Waals surface area contributed by atoms with E-state index >= 15 is 0 Å². The van der Waals surface area contributed by atoms with Crippen molar-refractivity contribution in [2.75, 3.05) is 14.2 Å². The number of H-pyrrole nitrogens is 2. The molecule has 0 aromatic carbocycles. The van der Waals surface area contributed by atoms with Crippen LogP contribution in [-0.4, -0.2) is 47.9 Å². The minimum Gasteiger partial charge on any atom is -0.469 e. The van der Waals surface area contributed by atoms with Crippen molar-refractivity contribution in [2.24, 2.45) is 0 Å². The Bertz CT molecular complexity index is 1600. The summed E-state index contributed by atoms with van der Waals surface area (Å²) in [4.78, 5) is 56.5. The van der Waals surface area contributed by atoms with Crippen LogP contribution in [0.15, 0.2) is 33.7 Å². The van der Waals surface area contributed by atoms with Gasteiger partial charge in [0.15, 0.2) is 0 Å². The lowest BCUT2D eigenvalue weighted by atomic mass is 9.79. The molecular weight excluding hydrogens is 572 g/mol. The maximum atomic E-state index is 12.3. The normalized spacial score (nSPS) is 17.1. The van der Waals surface area contributed by atoms with E-state index in [-0.39, 0.29) is 36.6 Å². The molecule has 0 saturated heterocycles. The second kappa shape index (κ2) is 12.8. The van der Waals surface area contributed by atoms with Crippen molar-refractivity contribution in [3.8, 4) is 0 Å². The summed E-state index contributed by atoms with van der Waals surface area (Å²) in [6.07, 6.45) is 5.16. The van der Waals surface area contributed by atoms with Crippen molar-refractivity contribution < 1.29 is 28.7 Å². The first-order valence-electron chi connectivity index (χ1n) is 15.1. The summed E-state index contributed by atoms with van der Waals surface area (Å²) in [5, 5.41) is 5.90. The highest BCUT2D eigenvalue weighted by molar-refractivity contribution is 6.01. The number of ether oxygens (including phenoxy) is 2.